The molecule has 0 bridgehead atoms. The Kier molecular flexibility index (Phi) is 6.05. The van der Waals surface area contributed by atoms with Crippen molar-refractivity contribution in [2.45, 2.75) is 24.8 Å². The Morgan fingerprint density at radius 2 is 1.85 bits per heavy atom. The number of ether oxygens (including phenoxy) is 1. The first-order chi connectivity index (χ1) is 12.2. The van der Waals surface area contributed by atoms with Crippen molar-refractivity contribution in [2.75, 3.05) is 21.2 Å². The van der Waals surface area contributed by atoms with Crippen molar-refractivity contribution in [3.05, 3.63) is 59.2 Å². The Labute approximate surface area is 154 Å². The molecule has 0 aromatic heterocycles. The van der Waals surface area contributed by atoms with Gasteiger partial charge in [0.1, 0.15) is 5.75 Å². The zero-order chi connectivity index (χ0) is 19.5. The van der Waals surface area contributed by atoms with E-state index in [0.717, 1.165) is 15.4 Å². The molecule has 0 aliphatic rings. The highest BCUT2D eigenvalue weighted by molar-refractivity contribution is 7.89. The quantitative estimate of drug-likeness (QED) is 0.841. The predicted molar refractivity (Wildman–Crippen MR) is 101 cm³/mol. The SMILES string of the molecule is COc1ccc(C)cc1[C@H](C)NC(=O)c1cccc(S(=O)(=O)N(C)C)c1. The van der Waals surface area contributed by atoms with E-state index >= 15 is 0 Å². The molecule has 1 atom stereocenters. The maximum Gasteiger partial charge on any atom is 0.251 e. The maximum absolute atomic E-state index is 12.6. The van der Waals surface area contributed by atoms with Crippen LogP contribution in [0.25, 0.3) is 0 Å². The number of nitrogens with zero attached hydrogens (tertiary/aromatic N) is 1. The van der Waals surface area contributed by atoms with Crippen LogP contribution in [0, 0.1) is 6.92 Å². The molecule has 0 aliphatic heterocycles. The molecule has 26 heavy (non-hydrogen) atoms. The van der Waals surface area contributed by atoms with Gasteiger partial charge in [0.05, 0.1) is 18.0 Å². The standard InChI is InChI=1S/C19H24N2O4S/c1-13-9-10-18(25-5)17(11-13)14(2)20-19(22)15-7-6-8-16(12-15)26(23,24)21(3)4/h6-12,14H,1-5H3,(H,20,22)/t14-/m0/s1. The highest BCUT2D eigenvalue weighted by Gasteiger charge is 2.20. The van der Waals surface area contributed by atoms with Crippen molar-refractivity contribution in [1.82, 2.24) is 9.62 Å². The van der Waals surface area contributed by atoms with E-state index in [0.29, 0.717) is 5.75 Å². The summed E-state index contributed by atoms with van der Waals surface area (Å²) in [5.74, 6) is 0.337. The third-order valence-corrected chi connectivity index (χ3v) is 5.89. The number of aryl methyl sites for hydroxylation is 1. The van der Waals surface area contributed by atoms with Crippen LogP contribution in [0.5, 0.6) is 5.75 Å². The fraction of sp³-hybridized carbons (Fsp3) is 0.316. The van der Waals surface area contributed by atoms with Crippen LogP contribution in [0.3, 0.4) is 0 Å². The largest absolute Gasteiger partial charge is 0.496 e. The Morgan fingerprint density at radius 3 is 2.46 bits per heavy atom. The lowest BCUT2D eigenvalue weighted by molar-refractivity contribution is 0.0939. The van der Waals surface area contributed by atoms with Crippen LogP contribution in [0.1, 0.15) is 34.5 Å². The summed E-state index contributed by atoms with van der Waals surface area (Å²) in [6, 6.07) is 11.4. The Hall–Kier alpha value is -2.38. The van der Waals surface area contributed by atoms with E-state index in [1.807, 2.05) is 32.0 Å². The molecule has 0 unspecified atom stereocenters. The lowest BCUT2D eigenvalue weighted by Gasteiger charge is -2.18. The lowest BCUT2D eigenvalue weighted by atomic mass is 10.0. The molecule has 2 aromatic carbocycles. The molecule has 0 heterocycles. The van der Waals surface area contributed by atoms with E-state index in [1.54, 1.807) is 19.2 Å². The number of carbonyl (C=O) groups excluding carboxylic acids is 1. The Morgan fingerprint density at radius 1 is 1.15 bits per heavy atom. The van der Waals surface area contributed by atoms with Gasteiger partial charge in [-0.05, 0) is 38.1 Å². The van der Waals surface area contributed by atoms with Gasteiger partial charge in [-0.15, -0.1) is 0 Å². The first kappa shape index (κ1) is 19.9. The first-order valence-electron chi connectivity index (χ1n) is 8.15. The number of amides is 1. The van der Waals surface area contributed by atoms with Crippen molar-refractivity contribution in [2.24, 2.45) is 0 Å². The highest BCUT2D eigenvalue weighted by atomic mass is 32.2. The average molecular weight is 376 g/mol. The molecule has 0 radical (unpaired) electrons. The minimum absolute atomic E-state index is 0.0796. The van der Waals surface area contributed by atoms with Crippen LogP contribution in [-0.4, -0.2) is 39.8 Å². The number of rotatable bonds is 6. The van der Waals surface area contributed by atoms with Gasteiger partial charge in [-0.25, -0.2) is 12.7 Å². The number of sulfonamides is 1. The van der Waals surface area contributed by atoms with Gasteiger partial charge in [-0.2, -0.15) is 0 Å². The zero-order valence-electron chi connectivity index (χ0n) is 15.6. The lowest BCUT2D eigenvalue weighted by Crippen LogP contribution is -2.27. The molecule has 0 saturated heterocycles. The van der Waals surface area contributed by atoms with Gasteiger partial charge in [0, 0.05) is 25.2 Å². The van der Waals surface area contributed by atoms with Gasteiger partial charge in [0.25, 0.3) is 5.91 Å². The maximum atomic E-state index is 12.6. The van der Waals surface area contributed by atoms with Crippen molar-refractivity contribution in [3.8, 4) is 5.75 Å². The van der Waals surface area contributed by atoms with E-state index in [1.165, 1.54) is 26.2 Å². The molecule has 2 aromatic rings. The predicted octanol–water partition coefficient (Wildman–Crippen LogP) is 2.74. The smallest absolute Gasteiger partial charge is 0.251 e. The molecule has 0 saturated carbocycles. The summed E-state index contributed by atoms with van der Waals surface area (Å²) in [7, 11) is 0.890. The monoisotopic (exact) mass is 376 g/mol. The van der Waals surface area contributed by atoms with E-state index < -0.39 is 10.0 Å². The number of benzene rings is 2. The van der Waals surface area contributed by atoms with Crippen molar-refractivity contribution >= 4 is 15.9 Å². The van der Waals surface area contributed by atoms with Crippen LogP contribution in [-0.2, 0) is 10.0 Å². The number of hydrogen-bond acceptors (Lipinski definition) is 4. The topological polar surface area (TPSA) is 75.7 Å². The van der Waals surface area contributed by atoms with Crippen LogP contribution >= 0.6 is 0 Å². The fourth-order valence-corrected chi connectivity index (χ4v) is 3.51. The van der Waals surface area contributed by atoms with E-state index in [9.17, 15) is 13.2 Å². The molecule has 2 rings (SSSR count). The summed E-state index contributed by atoms with van der Waals surface area (Å²) >= 11 is 0. The first-order valence-corrected chi connectivity index (χ1v) is 9.59. The van der Waals surface area contributed by atoms with Gasteiger partial charge >= 0.3 is 0 Å². The third kappa shape index (κ3) is 4.23. The highest BCUT2D eigenvalue weighted by Crippen LogP contribution is 2.26. The summed E-state index contributed by atoms with van der Waals surface area (Å²) < 4.78 is 31.0. The Bertz CT molecular complexity index is 908. The van der Waals surface area contributed by atoms with Crippen LogP contribution in [0.4, 0.5) is 0 Å². The number of nitrogens with one attached hydrogen (secondary N) is 1. The summed E-state index contributed by atoms with van der Waals surface area (Å²) in [4.78, 5) is 12.7. The van der Waals surface area contributed by atoms with E-state index in [-0.39, 0.29) is 22.4 Å². The van der Waals surface area contributed by atoms with Crippen LogP contribution < -0.4 is 10.1 Å². The van der Waals surface area contributed by atoms with Gasteiger partial charge < -0.3 is 10.1 Å². The van der Waals surface area contributed by atoms with Crippen LogP contribution in [0.2, 0.25) is 0 Å². The molecule has 0 spiro atoms. The molecule has 6 nitrogen and oxygen atoms in total. The van der Waals surface area contributed by atoms with Gasteiger partial charge in [0.2, 0.25) is 10.0 Å². The van der Waals surface area contributed by atoms with E-state index in [4.69, 9.17) is 4.74 Å². The van der Waals surface area contributed by atoms with Crippen molar-refractivity contribution in [3.63, 3.8) is 0 Å². The minimum atomic E-state index is -3.60. The molecule has 1 amide bonds. The third-order valence-electron chi connectivity index (χ3n) is 4.07. The van der Waals surface area contributed by atoms with Crippen molar-refractivity contribution < 1.29 is 17.9 Å². The summed E-state index contributed by atoms with van der Waals surface area (Å²) in [5.41, 5.74) is 2.20. The van der Waals surface area contributed by atoms with Crippen LogP contribution in [0.15, 0.2) is 47.4 Å². The zero-order valence-corrected chi connectivity index (χ0v) is 16.4. The average Bonchev–Trinajstić information content (AvgIpc) is 2.61. The number of carbonyl (C=O) groups is 1. The second kappa shape index (κ2) is 7.88. The molecule has 1 N–H and O–H groups in total. The number of hydrogen-bond donors (Lipinski definition) is 1. The van der Waals surface area contributed by atoms with Gasteiger partial charge in [0.15, 0.2) is 0 Å². The van der Waals surface area contributed by atoms with Gasteiger partial charge in [-0.3, -0.25) is 4.79 Å². The van der Waals surface area contributed by atoms with Gasteiger partial charge in [-0.1, -0.05) is 23.8 Å². The summed E-state index contributed by atoms with van der Waals surface area (Å²) in [6.07, 6.45) is 0. The summed E-state index contributed by atoms with van der Waals surface area (Å²) in [6.45, 7) is 3.82. The molecule has 140 valence electrons. The molecule has 0 aliphatic carbocycles. The fourth-order valence-electron chi connectivity index (χ4n) is 2.56. The molecular weight excluding hydrogens is 352 g/mol. The number of methoxy groups -OCH3 is 1. The second-order valence-electron chi connectivity index (χ2n) is 6.26. The Balaban J connectivity index is 2.27. The second-order valence-corrected chi connectivity index (χ2v) is 8.41. The molecule has 7 heteroatoms. The summed E-state index contributed by atoms with van der Waals surface area (Å²) in [5, 5.41) is 2.89. The van der Waals surface area contributed by atoms with E-state index in [2.05, 4.69) is 5.32 Å². The normalized spacial score (nSPS) is 12.7. The molecular formula is C19H24N2O4S. The van der Waals surface area contributed by atoms with Crippen molar-refractivity contribution in [1.29, 1.82) is 0 Å². The minimum Gasteiger partial charge on any atom is -0.496 e. The molecule has 0 fully saturated rings.